The van der Waals surface area contributed by atoms with Gasteiger partial charge >= 0.3 is 6.18 Å². The second-order valence-electron chi connectivity index (χ2n) is 6.15. The summed E-state index contributed by atoms with van der Waals surface area (Å²) in [5.74, 6) is -2.57. The molecule has 0 aliphatic carbocycles. The highest BCUT2D eigenvalue weighted by molar-refractivity contribution is 5.80. The first kappa shape index (κ1) is 19.5. The molecule has 2 aromatic carbocycles. The van der Waals surface area contributed by atoms with Crippen LogP contribution < -0.4 is 14.9 Å². The number of ether oxygens (including phenoxy) is 2. The predicted molar refractivity (Wildman–Crippen MR) is 94.9 cm³/mol. The van der Waals surface area contributed by atoms with E-state index in [1.165, 1.54) is 31.2 Å². The molecule has 0 unspecified atom stereocenters. The number of alkyl halides is 3. The topological polar surface area (TPSA) is 65.7 Å². The fourth-order valence-electron chi connectivity index (χ4n) is 2.51. The number of carbonyl (C=O) groups is 1. The van der Waals surface area contributed by atoms with Gasteiger partial charge in [0.15, 0.2) is 5.78 Å². The Hall–Kier alpha value is -3.29. The second-order valence-corrected chi connectivity index (χ2v) is 6.15. The van der Waals surface area contributed by atoms with Gasteiger partial charge in [0.25, 0.3) is 5.76 Å². The number of fused-ring (bicyclic) bond motifs is 1. The Kier molecular flexibility index (Phi) is 5.13. The largest absolute Gasteiger partial charge is 0.486 e. The number of rotatable bonds is 5. The molecule has 28 heavy (non-hydrogen) atoms. The molecule has 0 fully saturated rings. The molecule has 1 heterocycles. The van der Waals surface area contributed by atoms with Crippen molar-refractivity contribution in [2.45, 2.75) is 20.0 Å². The molecule has 5 nitrogen and oxygen atoms in total. The van der Waals surface area contributed by atoms with Crippen LogP contribution in [0, 0.1) is 6.92 Å². The van der Waals surface area contributed by atoms with Crippen LogP contribution in [-0.4, -0.2) is 12.4 Å². The first-order valence-electron chi connectivity index (χ1n) is 8.20. The van der Waals surface area contributed by atoms with Crippen molar-refractivity contribution in [2.75, 3.05) is 6.61 Å². The standard InChI is InChI=1S/C20H15F3O5/c1-11-4-3-5-14(8-11)27-18-17(25)15-7-6-13(26-10-12(2)24)9-16(15)28-19(18)20(21,22)23/h3-9H,10H2,1-2H3. The van der Waals surface area contributed by atoms with Crippen LogP contribution in [0.5, 0.6) is 17.2 Å². The van der Waals surface area contributed by atoms with Crippen LogP contribution in [0.15, 0.2) is 51.7 Å². The van der Waals surface area contributed by atoms with Crippen LogP contribution in [-0.2, 0) is 11.0 Å². The summed E-state index contributed by atoms with van der Waals surface area (Å²) < 4.78 is 55.9. The molecule has 146 valence electrons. The SMILES string of the molecule is CC(=O)COc1ccc2c(=O)c(Oc3cccc(C)c3)c(C(F)(F)F)oc2c1. The Morgan fingerprint density at radius 2 is 1.86 bits per heavy atom. The molecule has 3 aromatic rings. The van der Waals surface area contributed by atoms with Crippen molar-refractivity contribution in [3.63, 3.8) is 0 Å². The molecular weight excluding hydrogens is 377 g/mol. The van der Waals surface area contributed by atoms with Gasteiger partial charge in [0, 0.05) is 6.07 Å². The van der Waals surface area contributed by atoms with Crippen LogP contribution in [0.4, 0.5) is 13.2 Å². The minimum atomic E-state index is -4.96. The number of aryl methyl sites for hydroxylation is 1. The summed E-state index contributed by atoms with van der Waals surface area (Å²) in [6, 6.07) is 10.0. The fraction of sp³-hybridized carbons (Fsp3) is 0.200. The van der Waals surface area contributed by atoms with E-state index in [4.69, 9.17) is 13.9 Å². The number of Topliss-reactive ketones (excluding diaryl/α,β-unsaturated/α-hetero) is 1. The average molecular weight is 392 g/mol. The lowest BCUT2D eigenvalue weighted by Crippen LogP contribution is -2.15. The molecule has 0 radical (unpaired) electrons. The lowest BCUT2D eigenvalue weighted by molar-refractivity contribution is -0.154. The lowest BCUT2D eigenvalue weighted by Gasteiger charge is -2.14. The Bertz CT molecular complexity index is 1100. The molecule has 0 saturated heterocycles. The van der Waals surface area contributed by atoms with Gasteiger partial charge in [0.05, 0.1) is 5.39 Å². The minimum Gasteiger partial charge on any atom is -0.486 e. The van der Waals surface area contributed by atoms with E-state index >= 15 is 0 Å². The van der Waals surface area contributed by atoms with Gasteiger partial charge in [0.2, 0.25) is 11.2 Å². The number of hydrogen-bond donors (Lipinski definition) is 0. The van der Waals surface area contributed by atoms with E-state index in [0.29, 0.717) is 0 Å². The van der Waals surface area contributed by atoms with Crippen molar-refractivity contribution in [2.24, 2.45) is 0 Å². The van der Waals surface area contributed by atoms with Crippen molar-refractivity contribution < 1.29 is 31.9 Å². The third-order valence-corrected chi connectivity index (χ3v) is 3.73. The smallest absolute Gasteiger partial charge is 0.453 e. The Labute approximate surface area is 157 Å². The van der Waals surface area contributed by atoms with Gasteiger partial charge < -0.3 is 13.9 Å². The highest BCUT2D eigenvalue weighted by atomic mass is 19.4. The summed E-state index contributed by atoms with van der Waals surface area (Å²) in [6.07, 6.45) is -4.96. The molecule has 8 heteroatoms. The highest BCUT2D eigenvalue weighted by Gasteiger charge is 2.40. The second kappa shape index (κ2) is 7.38. The van der Waals surface area contributed by atoms with Gasteiger partial charge in [-0.2, -0.15) is 13.2 Å². The third-order valence-electron chi connectivity index (χ3n) is 3.73. The van der Waals surface area contributed by atoms with Crippen LogP contribution in [0.3, 0.4) is 0 Å². The van der Waals surface area contributed by atoms with Gasteiger partial charge in [-0.1, -0.05) is 12.1 Å². The quantitative estimate of drug-likeness (QED) is 0.619. The molecule has 0 N–H and O–H groups in total. The molecule has 0 aliphatic rings. The van der Waals surface area contributed by atoms with Crippen LogP contribution in [0.1, 0.15) is 18.2 Å². The Balaban J connectivity index is 2.14. The number of carbonyl (C=O) groups excluding carboxylic acids is 1. The van der Waals surface area contributed by atoms with Crippen LogP contribution >= 0.6 is 0 Å². The number of halogens is 3. The summed E-state index contributed by atoms with van der Waals surface area (Å²) >= 11 is 0. The van der Waals surface area contributed by atoms with E-state index in [0.717, 1.165) is 11.6 Å². The zero-order valence-electron chi connectivity index (χ0n) is 14.9. The summed E-state index contributed by atoms with van der Waals surface area (Å²) in [7, 11) is 0. The number of benzene rings is 2. The van der Waals surface area contributed by atoms with Gasteiger partial charge in [-0.05, 0) is 43.7 Å². The van der Waals surface area contributed by atoms with Gasteiger partial charge in [-0.25, -0.2) is 0 Å². The zero-order chi connectivity index (χ0) is 20.5. The van der Waals surface area contributed by atoms with Gasteiger partial charge in [0.1, 0.15) is 23.7 Å². The molecule has 0 saturated carbocycles. The van der Waals surface area contributed by atoms with Crippen LogP contribution in [0.25, 0.3) is 11.0 Å². The Morgan fingerprint density at radius 1 is 1.11 bits per heavy atom. The minimum absolute atomic E-state index is 0.0820. The molecule has 0 aliphatic heterocycles. The van der Waals surface area contributed by atoms with E-state index in [2.05, 4.69) is 0 Å². The summed E-state index contributed by atoms with van der Waals surface area (Å²) in [6.45, 7) is 2.79. The molecule has 0 atom stereocenters. The first-order valence-corrected chi connectivity index (χ1v) is 8.20. The monoisotopic (exact) mass is 392 g/mol. The van der Waals surface area contributed by atoms with Crippen molar-refractivity contribution in [1.82, 2.24) is 0 Å². The van der Waals surface area contributed by atoms with E-state index in [-0.39, 0.29) is 34.9 Å². The van der Waals surface area contributed by atoms with E-state index in [1.54, 1.807) is 19.1 Å². The normalized spacial score (nSPS) is 11.5. The first-order chi connectivity index (χ1) is 13.1. The van der Waals surface area contributed by atoms with E-state index in [1.807, 2.05) is 0 Å². The molecule has 0 amide bonds. The maximum atomic E-state index is 13.5. The molecular formula is C20H15F3O5. The maximum absolute atomic E-state index is 13.5. The van der Waals surface area contributed by atoms with Gasteiger partial charge in [-0.3, -0.25) is 9.59 Å². The Morgan fingerprint density at radius 3 is 2.50 bits per heavy atom. The van der Waals surface area contributed by atoms with E-state index in [9.17, 15) is 22.8 Å². The molecule has 3 rings (SSSR count). The summed E-state index contributed by atoms with van der Waals surface area (Å²) in [5.41, 5.74) is -0.535. The predicted octanol–water partition coefficient (Wildman–Crippen LogP) is 4.88. The van der Waals surface area contributed by atoms with E-state index < -0.39 is 23.1 Å². The average Bonchev–Trinajstić information content (AvgIpc) is 2.61. The van der Waals surface area contributed by atoms with Crippen LogP contribution in [0.2, 0.25) is 0 Å². The van der Waals surface area contributed by atoms with Crippen molar-refractivity contribution >= 4 is 16.8 Å². The van der Waals surface area contributed by atoms with Crippen molar-refractivity contribution in [3.8, 4) is 17.2 Å². The maximum Gasteiger partial charge on any atom is 0.453 e. The molecule has 1 aromatic heterocycles. The third kappa shape index (κ3) is 4.16. The van der Waals surface area contributed by atoms with Crippen molar-refractivity contribution in [3.05, 3.63) is 64.0 Å². The number of ketones is 1. The summed E-state index contributed by atoms with van der Waals surface area (Å²) in [5, 5.41) is -0.106. The molecule has 0 spiro atoms. The molecule has 0 bridgehead atoms. The summed E-state index contributed by atoms with van der Waals surface area (Å²) in [4.78, 5) is 23.7. The number of hydrogen-bond acceptors (Lipinski definition) is 5. The fourth-order valence-corrected chi connectivity index (χ4v) is 2.51. The highest BCUT2D eigenvalue weighted by Crippen LogP contribution is 2.38. The van der Waals surface area contributed by atoms with Crippen molar-refractivity contribution in [1.29, 1.82) is 0 Å². The van der Waals surface area contributed by atoms with Gasteiger partial charge in [-0.15, -0.1) is 0 Å². The zero-order valence-corrected chi connectivity index (χ0v) is 14.9. The lowest BCUT2D eigenvalue weighted by atomic mass is 10.2.